The van der Waals surface area contributed by atoms with Crippen LogP contribution in [0.3, 0.4) is 0 Å². The van der Waals surface area contributed by atoms with Crippen molar-refractivity contribution in [3.63, 3.8) is 0 Å². The van der Waals surface area contributed by atoms with Crippen LogP contribution in [-0.2, 0) is 0 Å². The molecule has 1 aliphatic heterocycles. The Kier molecular flexibility index (Phi) is 6.13. The number of piperazine rings is 1. The number of aromatic nitrogens is 4. The van der Waals surface area contributed by atoms with Crippen LogP contribution in [0.15, 0.2) is 48.9 Å². The first-order valence-corrected chi connectivity index (χ1v) is 10.3. The van der Waals surface area contributed by atoms with E-state index in [1.165, 1.54) is 0 Å². The number of benzene rings is 1. The summed E-state index contributed by atoms with van der Waals surface area (Å²) in [6.07, 6.45) is 9.59. The van der Waals surface area contributed by atoms with Crippen LogP contribution in [0.25, 0.3) is 12.0 Å². The summed E-state index contributed by atoms with van der Waals surface area (Å²) in [7, 11) is 0. The molecule has 0 bridgehead atoms. The molecule has 4 rings (SSSR count). The Morgan fingerprint density at radius 2 is 1.69 bits per heavy atom. The van der Waals surface area contributed by atoms with Crippen molar-refractivity contribution < 1.29 is 0 Å². The van der Waals surface area contributed by atoms with Crippen LogP contribution < -0.4 is 4.90 Å². The summed E-state index contributed by atoms with van der Waals surface area (Å²) >= 11 is 12.3. The van der Waals surface area contributed by atoms with Crippen LogP contribution in [0.5, 0.6) is 0 Å². The summed E-state index contributed by atoms with van der Waals surface area (Å²) in [5.74, 6) is 0.585. The molecule has 1 fully saturated rings. The van der Waals surface area contributed by atoms with Crippen molar-refractivity contribution >= 4 is 35.0 Å². The minimum absolute atomic E-state index is 0.585. The Labute approximate surface area is 180 Å². The molecule has 29 heavy (non-hydrogen) atoms. The van der Waals surface area contributed by atoms with E-state index < -0.39 is 0 Å². The second kappa shape index (κ2) is 8.95. The van der Waals surface area contributed by atoms with E-state index in [9.17, 15) is 0 Å². The molecule has 0 spiro atoms. The maximum absolute atomic E-state index is 6.13. The van der Waals surface area contributed by atoms with Gasteiger partial charge in [-0.1, -0.05) is 35.4 Å². The minimum atomic E-state index is 0.585. The topological polar surface area (TPSA) is 50.1 Å². The summed E-state index contributed by atoms with van der Waals surface area (Å²) in [4.78, 5) is 13.3. The average Bonchev–Trinajstić information content (AvgIpc) is 3.09. The quantitative estimate of drug-likeness (QED) is 0.611. The highest BCUT2D eigenvalue weighted by Gasteiger charge is 2.17. The van der Waals surface area contributed by atoms with Crippen molar-refractivity contribution in [2.45, 2.75) is 6.92 Å². The van der Waals surface area contributed by atoms with Crippen molar-refractivity contribution in [2.75, 3.05) is 37.6 Å². The Bertz CT molecular complexity index is 973. The molecule has 2 aromatic heterocycles. The summed E-state index contributed by atoms with van der Waals surface area (Å²) in [6.45, 7) is 6.81. The summed E-state index contributed by atoms with van der Waals surface area (Å²) in [5, 5.41) is 5.76. The van der Waals surface area contributed by atoms with Crippen molar-refractivity contribution in [2.24, 2.45) is 0 Å². The van der Waals surface area contributed by atoms with Gasteiger partial charge in [0.05, 0.1) is 11.9 Å². The fourth-order valence-electron chi connectivity index (χ4n) is 3.43. The Hall–Kier alpha value is -2.41. The van der Waals surface area contributed by atoms with E-state index in [2.05, 4.69) is 37.0 Å². The van der Waals surface area contributed by atoms with E-state index in [4.69, 9.17) is 23.2 Å². The molecule has 6 nitrogen and oxygen atoms in total. The van der Waals surface area contributed by atoms with Gasteiger partial charge in [0.15, 0.2) is 0 Å². The second-order valence-corrected chi connectivity index (χ2v) is 7.84. The van der Waals surface area contributed by atoms with Crippen molar-refractivity contribution in [3.05, 3.63) is 70.2 Å². The zero-order chi connectivity index (χ0) is 20.2. The lowest BCUT2D eigenvalue weighted by Crippen LogP contribution is -2.46. The van der Waals surface area contributed by atoms with Gasteiger partial charge < -0.3 is 4.90 Å². The summed E-state index contributed by atoms with van der Waals surface area (Å²) in [6, 6.07) is 7.51. The molecule has 3 aromatic rings. The molecule has 8 heteroatoms. The molecule has 1 aliphatic rings. The van der Waals surface area contributed by atoms with E-state index in [-0.39, 0.29) is 0 Å². The first kappa shape index (κ1) is 19.9. The van der Waals surface area contributed by atoms with E-state index in [0.717, 1.165) is 49.7 Å². The molecule has 0 atom stereocenters. The second-order valence-electron chi connectivity index (χ2n) is 6.96. The number of hydrogen-bond donors (Lipinski definition) is 0. The largest absolute Gasteiger partial charge is 0.369 e. The SMILES string of the molecule is Cc1c(C=CCN2CCN(c3cc(Cl)cc(Cl)c3)CC2)cnn1-c1ncccn1. The minimum Gasteiger partial charge on any atom is -0.369 e. The van der Waals surface area contributed by atoms with E-state index in [0.29, 0.717) is 16.0 Å². The first-order chi connectivity index (χ1) is 14.1. The van der Waals surface area contributed by atoms with Crippen LogP contribution in [0.4, 0.5) is 5.69 Å². The number of rotatable bonds is 5. The maximum atomic E-state index is 6.13. The van der Waals surface area contributed by atoms with Crippen molar-refractivity contribution in [3.8, 4) is 5.95 Å². The number of anilines is 1. The molecule has 0 unspecified atom stereocenters. The maximum Gasteiger partial charge on any atom is 0.250 e. The molecular formula is C21H22Cl2N6. The lowest BCUT2D eigenvalue weighted by Gasteiger charge is -2.35. The molecule has 150 valence electrons. The third kappa shape index (κ3) is 4.78. The molecule has 0 saturated carbocycles. The van der Waals surface area contributed by atoms with E-state index in [1.54, 1.807) is 29.2 Å². The molecule has 3 heterocycles. The van der Waals surface area contributed by atoms with Gasteiger partial charge in [0, 0.05) is 66.4 Å². The lowest BCUT2D eigenvalue weighted by atomic mass is 10.2. The van der Waals surface area contributed by atoms with Crippen LogP contribution in [-0.4, -0.2) is 57.4 Å². The highest BCUT2D eigenvalue weighted by molar-refractivity contribution is 6.35. The lowest BCUT2D eigenvalue weighted by molar-refractivity contribution is 0.284. The van der Waals surface area contributed by atoms with Gasteiger partial charge in [-0.25, -0.2) is 14.6 Å². The van der Waals surface area contributed by atoms with Gasteiger partial charge in [-0.3, -0.25) is 4.90 Å². The summed E-state index contributed by atoms with van der Waals surface area (Å²) < 4.78 is 1.76. The molecule has 0 N–H and O–H groups in total. The van der Waals surface area contributed by atoms with Gasteiger partial charge in [-0.05, 0) is 31.2 Å². The molecule has 0 radical (unpaired) electrons. The van der Waals surface area contributed by atoms with Gasteiger partial charge in [-0.15, -0.1) is 0 Å². The molecular weight excluding hydrogens is 407 g/mol. The average molecular weight is 429 g/mol. The van der Waals surface area contributed by atoms with E-state index >= 15 is 0 Å². The van der Waals surface area contributed by atoms with Crippen LogP contribution in [0.2, 0.25) is 10.0 Å². The fourth-order valence-corrected chi connectivity index (χ4v) is 3.94. The predicted octanol–water partition coefficient (Wildman–Crippen LogP) is 4.11. The highest BCUT2D eigenvalue weighted by Crippen LogP contribution is 2.26. The third-order valence-electron chi connectivity index (χ3n) is 5.04. The molecule has 1 saturated heterocycles. The summed E-state index contributed by atoms with van der Waals surface area (Å²) in [5.41, 5.74) is 3.18. The monoisotopic (exact) mass is 428 g/mol. The fraction of sp³-hybridized carbons (Fsp3) is 0.286. The Morgan fingerprint density at radius 1 is 1.00 bits per heavy atom. The first-order valence-electron chi connectivity index (χ1n) is 9.52. The molecule has 0 aliphatic carbocycles. The zero-order valence-electron chi connectivity index (χ0n) is 16.2. The molecule has 0 amide bonds. The number of halogens is 2. The predicted molar refractivity (Wildman–Crippen MR) is 118 cm³/mol. The normalized spacial score (nSPS) is 15.3. The Morgan fingerprint density at radius 3 is 2.38 bits per heavy atom. The van der Waals surface area contributed by atoms with E-state index in [1.807, 2.05) is 25.3 Å². The van der Waals surface area contributed by atoms with Gasteiger partial charge in [0.25, 0.3) is 5.95 Å². The van der Waals surface area contributed by atoms with Gasteiger partial charge in [-0.2, -0.15) is 5.10 Å². The van der Waals surface area contributed by atoms with Gasteiger partial charge in [0.1, 0.15) is 0 Å². The standard InChI is InChI=1S/C21H22Cl2N6/c1-16-17(15-26-29(16)21-24-5-3-6-25-21)4-2-7-27-8-10-28(11-9-27)20-13-18(22)12-19(23)14-20/h2-6,12-15H,7-11H2,1H3. The van der Waals surface area contributed by atoms with Crippen molar-refractivity contribution in [1.82, 2.24) is 24.6 Å². The highest BCUT2D eigenvalue weighted by atomic mass is 35.5. The van der Waals surface area contributed by atoms with Crippen molar-refractivity contribution in [1.29, 1.82) is 0 Å². The van der Waals surface area contributed by atoms with Crippen LogP contribution >= 0.6 is 23.2 Å². The Balaban J connectivity index is 1.33. The van der Waals surface area contributed by atoms with Gasteiger partial charge in [0.2, 0.25) is 0 Å². The number of hydrogen-bond acceptors (Lipinski definition) is 5. The third-order valence-corrected chi connectivity index (χ3v) is 5.47. The smallest absolute Gasteiger partial charge is 0.250 e. The van der Waals surface area contributed by atoms with Gasteiger partial charge >= 0.3 is 0 Å². The molecule has 1 aromatic carbocycles. The zero-order valence-corrected chi connectivity index (χ0v) is 17.7. The van der Waals surface area contributed by atoms with Crippen LogP contribution in [0, 0.1) is 6.92 Å². The number of nitrogens with zero attached hydrogens (tertiary/aromatic N) is 6. The van der Waals surface area contributed by atoms with Crippen LogP contribution in [0.1, 0.15) is 11.3 Å².